The largest absolute Gasteiger partial charge is 0.482 e. The molecule has 84 valence electrons. The lowest BCUT2D eigenvalue weighted by Gasteiger charge is -2.04. The number of hydrogen-bond donors (Lipinski definition) is 1. The van der Waals surface area contributed by atoms with Crippen molar-refractivity contribution >= 4 is 11.7 Å². The van der Waals surface area contributed by atoms with E-state index in [4.69, 9.17) is 9.84 Å². The van der Waals surface area contributed by atoms with Crippen LogP contribution in [-0.2, 0) is 0 Å². The van der Waals surface area contributed by atoms with Crippen molar-refractivity contribution in [1.29, 1.82) is 0 Å². The van der Waals surface area contributed by atoms with Crippen molar-refractivity contribution in [3.8, 4) is 5.75 Å². The maximum atomic E-state index is 10.7. The Morgan fingerprint density at radius 1 is 1.62 bits per heavy atom. The number of hydrogen-bond acceptors (Lipinski definition) is 5. The Morgan fingerprint density at radius 3 is 2.81 bits per heavy atom. The summed E-state index contributed by atoms with van der Waals surface area (Å²) >= 11 is 0. The minimum Gasteiger partial charge on any atom is -0.482 e. The third-order valence-electron chi connectivity index (χ3n) is 2.08. The second-order valence-corrected chi connectivity index (χ2v) is 3.42. The molecular formula is C9H8N2O5. The van der Waals surface area contributed by atoms with E-state index in [-0.39, 0.29) is 23.2 Å². The molecule has 7 heteroatoms. The first-order valence-corrected chi connectivity index (χ1v) is 4.62. The first-order valence-electron chi connectivity index (χ1n) is 4.62. The van der Waals surface area contributed by atoms with Gasteiger partial charge in [0.25, 0.3) is 0 Å². The molecule has 1 aliphatic rings. The van der Waals surface area contributed by atoms with E-state index in [2.05, 4.69) is 4.98 Å². The van der Waals surface area contributed by atoms with Gasteiger partial charge in [0.05, 0.1) is 23.3 Å². The fourth-order valence-corrected chi connectivity index (χ4v) is 1.15. The van der Waals surface area contributed by atoms with E-state index in [9.17, 15) is 14.9 Å². The SMILES string of the molecule is O=C(O)c1cc([N+](=O)[O-])c(OC2CC2)cn1. The van der Waals surface area contributed by atoms with Crippen molar-refractivity contribution < 1.29 is 19.6 Å². The minimum atomic E-state index is -1.30. The average molecular weight is 224 g/mol. The summed E-state index contributed by atoms with van der Waals surface area (Å²) in [6.07, 6.45) is 2.80. The Labute approximate surface area is 89.8 Å². The smallest absolute Gasteiger partial charge is 0.354 e. The first-order chi connectivity index (χ1) is 7.58. The fraction of sp³-hybridized carbons (Fsp3) is 0.333. The van der Waals surface area contributed by atoms with Crippen molar-refractivity contribution in [2.75, 3.05) is 0 Å². The molecule has 0 aliphatic heterocycles. The Balaban J connectivity index is 2.35. The lowest BCUT2D eigenvalue weighted by Crippen LogP contribution is -2.05. The molecule has 0 saturated heterocycles. The first kappa shape index (κ1) is 10.3. The molecule has 1 fully saturated rings. The normalized spacial score (nSPS) is 14.5. The Bertz CT molecular complexity index is 455. The fourth-order valence-electron chi connectivity index (χ4n) is 1.15. The zero-order chi connectivity index (χ0) is 11.7. The highest BCUT2D eigenvalue weighted by atomic mass is 16.6. The summed E-state index contributed by atoms with van der Waals surface area (Å²) in [6.45, 7) is 0. The number of ether oxygens (including phenoxy) is 1. The van der Waals surface area contributed by atoms with Crippen LogP contribution in [0, 0.1) is 10.1 Å². The van der Waals surface area contributed by atoms with E-state index in [1.807, 2.05) is 0 Å². The predicted octanol–water partition coefficient (Wildman–Crippen LogP) is 1.23. The van der Waals surface area contributed by atoms with Crippen molar-refractivity contribution in [2.24, 2.45) is 0 Å². The minimum absolute atomic E-state index is 0.00354. The van der Waals surface area contributed by atoms with Gasteiger partial charge in [-0.2, -0.15) is 0 Å². The number of pyridine rings is 1. The van der Waals surface area contributed by atoms with Gasteiger partial charge in [0.1, 0.15) is 0 Å². The average Bonchev–Trinajstić information content (AvgIpc) is 3.01. The molecule has 0 atom stereocenters. The van der Waals surface area contributed by atoms with E-state index >= 15 is 0 Å². The van der Waals surface area contributed by atoms with Crippen LogP contribution in [0.5, 0.6) is 5.75 Å². The van der Waals surface area contributed by atoms with E-state index in [0.717, 1.165) is 25.1 Å². The lowest BCUT2D eigenvalue weighted by atomic mass is 10.3. The third-order valence-corrected chi connectivity index (χ3v) is 2.08. The zero-order valence-electron chi connectivity index (χ0n) is 8.12. The maximum absolute atomic E-state index is 10.7. The number of aromatic nitrogens is 1. The van der Waals surface area contributed by atoms with Gasteiger partial charge in [0.15, 0.2) is 5.69 Å². The molecule has 0 bridgehead atoms. The summed E-state index contributed by atoms with van der Waals surface area (Å²) < 4.78 is 5.26. The Morgan fingerprint density at radius 2 is 2.31 bits per heavy atom. The third kappa shape index (κ3) is 2.08. The molecular weight excluding hydrogens is 216 g/mol. The van der Waals surface area contributed by atoms with Crippen molar-refractivity contribution in [3.63, 3.8) is 0 Å². The van der Waals surface area contributed by atoms with E-state index in [1.165, 1.54) is 0 Å². The molecule has 1 saturated carbocycles. The van der Waals surface area contributed by atoms with E-state index in [1.54, 1.807) is 0 Å². The summed E-state index contributed by atoms with van der Waals surface area (Å²) in [7, 11) is 0. The van der Waals surface area contributed by atoms with Crippen LogP contribution in [0.25, 0.3) is 0 Å². The molecule has 7 nitrogen and oxygen atoms in total. The van der Waals surface area contributed by atoms with E-state index in [0.29, 0.717) is 0 Å². The second kappa shape index (κ2) is 3.76. The highest BCUT2D eigenvalue weighted by Crippen LogP contribution is 2.32. The number of nitrogens with zero attached hydrogens (tertiary/aromatic N) is 2. The molecule has 1 heterocycles. The lowest BCUT2D eigenvalue weighted by molar-refractivity contribution is -0.386. The van der Waals surface area contributed by atoms with Crippen molar-refractivity contribution in [2.45, 2.75) is 18.9 Å². The summed E-state index contributed by atoms with van der Waals surface area (Å²) in [4.78, 5) is 24.2. The molecule has 16 heavy (non-hydrogen) atoms. The highest BCUT2D eigenvalue weighted by molar-refractivity contribution is 5.86. The van der Waals surface area contributed by atoms with Crippen molar-refractivity contribution in [1.82, 2.24) is 4.98 Å². The molecule has 1 aromatic heterocycles. The van der Waals surface area contributed by atoms with Crippen LogP contribution in [0.4, 0.5) is 5.69 Å². The quantitative estimate of drug-likeness (QED) is 0.609. The van der Waals surface area contributed by atoms with Gasteiger partial charge in [0, 0.05) is 0 Å². The standard InChI is InChI=1S/C9H8N2O5/c12-9(13)6-3-7(11(14)15)8(4-10-6)16-5-1-2-5/h3-5H,1-2H2,(H,12,13). The topological polar surface area (TPSA) is 103 Å². The molecule has 0 spiro atoms. The van der Waals surface area contributed by atoms with Crippen LogP contribution in [0.1, 0.15) is 23.3 Å². The molecule has 0 unspecified atom stereocenters. The van der Waals surface area contributed by atoms with Crippen LogP contribution < -0.4 is 4.74 Å². The summed E-state index contributed by atoms with van der Waals surface area (Å²) in [5.74, 6) is -1.28. The van der Waals surface area contributed by atoms with Gasteiger partial charge in [-0.15, -0.1) is 0 Å². The Hall–Kier alpha value is -2.18. The van der Waals surface area contributed by atoms with Gasteiger partial charge in [-0.25, -0.2) is 9.78 Å². The summed E-state index contributed by atoms with van der Waals surface area (Å²) in [6, 6.07) is 0.903. The molecule has 0 amide bonds. The van der Waals surface area contributed by atoms with Crippen LogP contribution in [0.3, 0.4) is 0 Å². The molecule has 0 aromatic carbocycles. The van der Waals surface area contributed by atoms with Gasteiger partial charge in [-0.3, -0.25) is 10.1 Å². The van der Waals surface area contributed by atoms with Crippen molar-refractivity contribution in [3.05, 3.63) is 28.1 Å². The summed E-state index contributed by atoms with van der Waals surface area (Å²) in [5, 5.41) is 19.4. The van der Waals surface area contributed by atoms with Gasteiger partial charge in [-0.1, -0.05) is 0 Å². The molecule has 1 aromatic rings. The number of rotatable bonds is 4. The van der Waals surface area contributed by atoms with E-state index < -0.39 is 10.9 Å². The van der Waals surface area contributed by atoms with Gasteiger partial charge in [-0.05, 0) is 12.8 Å². The number of carboxylic acids is 1. The van der Waals surface area contributed by atoms with Crippen LogP contribution >= 0.6 is 0 Å². The summed E-state index contributed by atoms with van der Waals surface area (Å²) in [5.41, 5.74) is -0.728. The zero-order valence-corrected chi connectivity index (χ0v) is 8.12. The number of aromatic carboxylic acids is 1. The van der Waals surface area contributed by atoms with Gasteiger partial charge < -0.3 is 9.84 Å². The Kier molecular flexibility index (Phi) is 2.43. The predicted molar refractivity (Wildman–Crippen MR) is 51.5 cm³/mol. The van der Waals surface area contributed by atoms with Gasteiger partial charge in [0.2, 0.25) is 5.75 Å². The molecule has 1 N–H and O–H groups in total. The highest BCUT2D eigenvalue weighted by Gasteiger charge is 2.28. The molecule has 2 rings (SSSR count). The molecule has 0 radical (unpaired) electrons. The van der Waals surface area contributed by atoms with Crippen LogP contribution in [-0.4, -0.2) is 27.1 Å². The molecule has 1 aliphatic carbocycles. The second-order valence-electron chi connectivity index (χ2n) is 3.42. The number of carbonyl (C=O) groups is 1. The number of carboxylic acid groups (broad SMARTS) is 1. The van der Waals surface area contributed by atoms with Crippen LogP contribution in [0.2, 0.25) is 0 Å². The monoisotopic (exact) mass is 224 g/mol. The number of nitro groups is 1. The van der Waals surface area contributed by atoms with Crippen LogP contribution in [0.15, 0.2) is 12.3 Å². The van der Waals surface area contributed by atoms with Gasteiger partial charge >= 0.3 is 11.7 Å². The maximum Gasteiger partial charge on any atom is 0.354 e.